The molecule has 0 aliphatic rings. The van der Waals surface area contributed by atoms with Gasteiger partial charge in [0.15, 0.2) is 0 Å². The van der Waals surface area contributed by atoms with E-state index in [1.807, 2.05) is 0 Å². The van der Waals surface area contributed by atoms with Crippen molar-refractivity contribution in [3.8, 4) is 0 Å². The number of methoxy groups -OCH3 is 1. The number of nitrogens with zero attached hydrogens (tertiary/aromatic N) is 2. The number of hydrogen-bond acceptors (Lipinski definition) is 5. The summed E-state index contributed by atoms with van der Waals surface area (Å²) in [5.74, 6) is -0.202. The van der Waals surface area contributed by atoms with E-state index in [0.717, 1.165) is 9.87 Å². The van der Waals surface area contributed by atoms with E-state index in [-0.39, 0.29) is 10.8 Å². The Labute approximate surface area is 147 Å². The molecule has 0 saturated carbocycles. The molecule has 0 radical (unpaired) electrons. The zero-order valence-electron chi connectivity index (χ0n) is 14.5. The molecule has 136 valence electrons. The zero-order valence-corrected chi connectivity index (χ0v) is 15.3. The lowest BCUT2D eigenvalue weighted by atomic mass is 10.2. The molecule has 0 aliphatic carbocycles. The van der Waals surface area contributed by atoms with E-state index in [0.29, 0.717) is 25.3 Å². The monoisotopic (exact) mass is 366 g/mol. The number of benzene rings is 1. The third-order valence-corrected chi connectivity index (χ3v) is 5.52. The predicted molar refractivity (Wildman–Crippen MR) is 92.6 cm³/mol. The van der Waals surface area contributed by atoms with Gasteiger partial charge in [0, 0.05) is 45.4 Å². The molecule has 0 aliphatic heterocycles. The Balaban J connectivity index is 2.20. The number of hydrogen-bond donors (Lipinski definition) is 0. The van der Waals surface area contributed by atoms with Gasteiger partial charge in [-0.2, -0.15) is 0 Å². The zero-order chi connectivity index (χ0) is 18.4. The van der Waals surface area contributed by atoms with Crippen LogP contribution in [0.5, 0.6) is 0 Å². The summed E-state index contributed by atoms with van der Waals surface area (Å²) >= 11 is 0. The third-order valence-electron chi connectivity index (χ3n) is 3.69. The second-order valence-electron chi connectivity index (χ2n) is 5.66. The number of rotatable bonds is 8. The van der Waals surface area contributed by atoms with Crippen LogP contribution in [0.4, 0.5) is 0 Å². The van der Waals surface area contributed by atoms with Crippen LogP contribution in [0.25, 0.3) is 0 Å². The van der Waals surface area contributed by atoms with E-state index in [1.165, 1.54) is 38.4 Å². The van der Waals surface area contributed by atoms with Gasteiger partial charge in [0.2, 0.25) is 10.0 Å². The molecule has 7 nitrogen and oxygen atoms in total. The lowest BCUT2D eigenvalue weighted by Crippen LogP contribution is -2.33. The van der Waals surface area contributed by atoms with E-state index >= 15 is 0 Å². The summed E-state index contributed by atoms with van der Waals surface area (Å²) in [6, 6.07) is 7.71. The smallest absolute Gasteiger partial charge is 0.254 e. The molecule has 1 heterocycles. The van der Waals surface area contributed by atoms with Gasteiger partial charge >= 0.3 is 0 Å². The summed E-state index contributed by atoms with van der Waals surface area (Å²) in [7, 11) is 0.980. The van der Waals surface area contributed by atoms with Crippen molar-refractivity contribution in [1.29, 1.82) is 0 Å². The third kappa shape index (κ3) is 4.68. The maximum absolute atomic E-state index is 12.8. The molecular formula is C17H22N2O5S. The Bertz CT molecular complexity index is 783. The minimum atomic E-state index is -3.52. The minimum absolute atomic E-state index is 0.146. The van der Waals surface area contributed by atoms with Gasteiger partial charge in [0.1, 0.15) is 0 Å². The van der Waals surface area contributed by atoms with Gasteiger partial charge in [-0.15, -0.1) is 0 Å². The van der Waals surface area contributed by atoms with Gasteiger partial charge in [-0.3, -0.25) is 4.79 Å². The number of sulfonamides is 1. The van der Waals surface area contributed by atoms with Crippen molar-refractivity contribution in [2.75, 3.05) is 34.4 Å². The van der Waals surface area contributed by atoms with Crippen LogP contribution in [0.15, 0.2) is 52.2 Å². The van der Waals surface area contributed by atoms with E-state index in [2.05, 4.69) is 0 Å². The van der Waals surface area contributed by atoms with Gasteiger partial charge < -0.3 is 14.1 Å². The second-order valence-corrected chi connectivity index (χ2v) is 7.81. The molecule has 8 heteroatoms. The van der Waals surface area contributed by atoms with Crippen LogP contribution < -0.4 is 0 Å². The van der Waals surface area contributed by atoms with E-state index in [9.17, 15) is 13.2 Å². The van der Waals surface area contributed by atoms with Gasteiger partial charge in [-0.25, -0.2) is 12.7 Å². The van der Waals surface area contributed by atoms with Gasteiger partial charge in [-0.1, -0.05) is 0 Å². The molecule has 25 heavy (non-hydrogen) atoms. The molecule has 0 N–H and O–H groups in total. The highest BCUT2D eigenvalue weighted by atomic mass is 32.2. The highest BCUT2D eigenvalue weighted by molar-refractivity contribution is 7.89. The fourth-order valence-electron chi connectivity index (χ4n) is 2.22. The standard InChI is InChI=1S/C17H22N2O5S/c1-18(2)25(21,22)16-6-4-15(5-7-16)17(20)19(9-11-23-3)12-14-8-10-24-13-14/h4-8,10,13H,9,11-12H2,1-3H3. The molecule has 0 saturated heterocycles. The molecule has 2 aromatic rings. The Hall–Kier alpha value is -2.16. The Morgan fingerprint density at radius 1 is 1.16 bits per heavy atom. The molecule has 0 unspecified atom stereocenters. The summed E-state index contributed by atoms with van der Waals surface area (Å²) in [6.45, 7) is 1.20. The van der Waals surface area contributed by atoms with Crippen LogP contribution in [0.3, 0.4) is 0 Å². The first-order valence-corrected chi connectivity index (χ1v) is 9.12. The second kappa shape index (κ2) is 8.28. The lowest BCUT2D eigenvalue weighted by Gasteiger charge is -2.22. The van der Waals surface area contributed by atoms with Crippen molar-refractivity contribution >= 4 is 15.9 Å². The number of carbonyl (C=O) groups is 1. The van der Waals surface area contributed by atoms with Crippen molar-refractivity contribution < 1.29 is 22.4 Å². The van der Waals surface area contributed by atoms with Gasteiger partial charge in [0.25, 0.3) is 5.91 Å². The summed E-state index contributed by atoms with van der Waals surface area (Å²) in [4.78, 5) is 14.5. The average molecular weight is 366 g/mol. The Morgan fingerprint density at radius 2 is 1.84 bits per heavy atom. The number of furan rings is 1. The molecule has 0 atom stereocenters. The molecule has 1 aromatic heterocycles. The maximum Gasteiger partial charge on any atom is 0.254 e. The van der Waals surface area contributed by atoms with Crippen LogP contribution in [0.1, 0.15) is 15.9 Å². The maximum atomic E-state index is 12.8. The van der Waals surface area contributed by atoms with Crippen molar-refractivity contribution in [1.82, 2.24) is 9.21 Å². The van der Waals surface area contributed by atoms with Crippen molar-refractivity contribution in [3.05, 3.63) is 54.0 Å². The van der Waals surface area contributed by atoms with Crippen LogP contribution in [-0.2, 0) is 21.3 Å². The largest absolute Gasteiger partial charge is 0.472 e. The van der Waals surface area contributed by atoms with Gasteiger partial charge in [-0.05, 0) is 30.3 Å². The molecule has 2 rings (SSSR count). The van der Waals surface area contributed by atoms with Crippen LogP contribution >= 0.6 is 0 Å². The number of carbonyl (C=O) groups excluding carboxylic acids is 1. The quantitative estimate of drug-likeness (QED) is 0.712. The normalized spacial score (nSPS) is 11.7. The first-order chi connectivity index (χ1) is 11.9. The van der Waals surface area contributed by atoms with E-state index in [1.54, 1.807) is 30.6 Å². The molecular weight excluding hydrogens is 344 g/mol. The van der Waals surface area contributed by atoms with Crippen LogP contribution in [0.2, 0.25) is 0 Å². The first-order valence-electron chi connectivity index (χ1n) is 7.68. The lowest BCUT2D eigenvalue weighted by molar-refractivity contribution is 0.0680. The highest BCUT2D eigenvalue weighted by Gasteiger charge is 2.20. The van der Waals surface area contributed by atoms with Crippen molar-refractivity contribution in [3.63, 3.8) is 0 Å². The highest BCUT2D eigenvalue weighted by Crippen LogP contribution is 2.16. The average Bonchev–Trinajstić information content (AvgIpc) is 3.11. The molecule has 0 fully saturated rings. The fourth-order valence-corrected chi connectivity index (χ4v) is 3.12. The van der Waals surface area contributed by atoms with Crippen molar-refractivity contribution in [2.45, 2.75) is 11.4 Å². The summed E-state index contributed by atoms with van der Waals surface area (Å²) in [6.07, 6.45) is 3.13. The van der Waals surface area contributed by atoms with Crippen LogP contribution in [0, 0.1) is 0 Å². The minimum Gasteiger partial charge on any atom is -0.472 e. The van der Waals surface area contributed by atoms with Gasteiger partial charge in [0.05, 0.1) is 24.0 Å². The number of ether oxygens (including phenoxy) is 1. The van der Waals surface area contributed by atoms with E-state index < -0.39 is 10.0 Å². The number of amides is 1. The molecule has 0 spiro atoms. The predicted octanol–water partition coefficient (Wildman–Crippen LogP) is 1.82. The topological polar surface area (TPSA) is 80.1 Å². The van der Waals surface area contributed by atoms with Crippen molar-refractivity contribution in [2.24, 2.45) is 0 Å². The summed E-state index contributed by atoms with van der Waals surface area (Å²) in [5, 5.41) is 0. The summed E-state index contributed by atoms with van der Waals surface area (Å²) < 4.78 is 35.4. The first kappa shape index (κ1) is 19.2. The SMILES string of the molecule is COCCN(Cc1ccoc1)C(=O)c1ccc(S(=O)(=O)N(C)C)cc1. The molecule has 1 amide bonds. The Morgan fingerprint density at radius 3 is 2.36 bits per heavy atom. The Kier molecular flexibility index (Phi) is 6.35. The molecule has 1 aromatic carbocycles. The summed E-state index contributed by atoms with van der Waals surface area (Å²) in [5.41, 5.74) is 1.29. The molecule has 0 bridgehead atoms. The van der Waals surface area contributed by atoms with Crippen LogP contribution in [-0.4, -0.2) is 57.9 Å². The fraction of sp³-hybridized carbons (Fsp3) is 0.353. The van der Waals surface area contributed by atoms with E-state index in [4.69, 9.17) is 9.15 Å².